The van der Waals surface area contributed by atoms with Gasteiger partial charge >= 0.3 is 0 Å². The number of carbonyl (C=O) groups is 1. The summed E-state index contributed by atoms with van der Waals surface area (Å²) in [5.41, 5.74) is 3.05. The third-order valence-electron chi connectivity index (χ3n) is 5.23. The first-order chi connectivity index (χ1) is 13.1. The van der Waals surface area contributed by atoms with Crippen molar-refractivity contribution in [1.29, 1.82) is 0 Å². The number of benzene rings is 1. The molecule has 1 spiro atoms. The predicted molar refractivity (Wildman–Crippen MR) is 103 cm³/mol. The summed E-state index contributed by atoms with van der Waals surface area (Å²) in [7, 11) is 0. The van der Waals surface area contributed by atoms with Gasteiger partial charge in [-0.2, -0.15) is 0 Å². The maximum Gasteiger partial charge on any atom is 0.255 e. The van der Waals surface area contributed by atoms with Crippen molar-refractivity contribution >= 4 is 11.7 Å². The number of nitrogens with one attached hydrogen (secondary N) is 1. The molecule has 0 saturated carbocycles. The van der Waals surface area contributed by atoms with Crippen LogP contribution in [-0.4, -0.2) is 47.9 Å². The molecule has 2 fully saturated rings. The molecule has 0 aliphatic carbocycles. The Hall–Kier alpha value is -2.44. The first-order valence-corrected chi connectivity index (χ1v) is 9.46. The van der Waals surface area contributed by atoms with Crippen molar-refractivity contribution in [2.45, 2.75) is 32.1 Å². The van der Waals surface area contributed by atoms with E-state index in [2.05, 4.69) is 41.5 Å². The Labute approximate surface area is 159 Å². The minimum atomic E-state index is -0.460. The molecule has 0 atom stereocenters. The van der Waals surface area contributed by atoms with Gasteiger partial charge in [-0.25, -0.2) is 4.98 Å². The number of aromatic nitrogens is 1. The molecule has 2 saturated heterocycles. The Balaban J connectivity index is 1.31. The molecule has 6 heteroatoms. The molecule has 2 aliphatic rings. The number of anilines is 1. The van der Waals surface area contributed by atoms with E-state index in [1.165, 1.54) is 11.1 Å². The summed E-state index contributed by atoms with van der Waals surface area (Å²) in [6, 6.07) is 12.1. The highest BCUT2D eigenvalue weighted by Crippen LogP contribution is 2.31. The molecule has 3 heterocycles. The van der Waals surface area contributed by atoms with Crippen molar-refractivity contribution in [1.82, 2.24) is 9.88 Å². The van der Waals surface area contributed by atoms with Crippen LogP contribution in [0.5, 0.6) is 0 Å². The van der Waals surface area contributed by atoms with Crippen molar-refractivity contribution in [3.8, 4) is 0 Å². The van der Waals surface area contributed by atoms with Crippen LogP contribution in [0.1, 0.15) is 34.3 Å². The predicted octanol–water partition coefficient (Wildman–Crippen LogP) is 2.98. The van der Waals surface area contributed by atoms with E-state index in [1.807, 2.05) is 17.0 Å². The minimum Gasteiger partial charge on any atom is -0.366 e. The van der Waals surface area contributed by atoms with Crippen molar-refractivity contribution in [2.75, 3.05) is 31.6 Å². The highest BCUT2D eigenvalue weighted by atomic mass is 16.7. The molecule has 4 rings (SSSR count). The Morgan fingerprint density at radius 1 is 1.11 bits per heavy atom. The standard InChI is InChI=1S/C21H25N3O3/c1-16-2-4-17(5-3-16)14-22-19-7-6-18(15-23-19)20(25)24-10-8-21(9-11-24)26-12-13-27-21/h2-7,15H,8-14H2,1H3,(H,22,23). The van der Waals surface area contributed by atoms with Gasteiger partial charge in [-0.1, -0.05) is 29.8 Å². The van der Waals surface area contributed by atoms with Gasteiger partial charge in [0.2, 0.25) is 0 Å². The number of pyridine rings is 1. The summed E-state index contributed by atoms with van der Waals surface area (Å²) in [5, 5.41) is 3.29. The third kappa shape index (κ3) is 4.12. The quantitative estimate of drug-likeness (QED) is 0.900. The molecule has 27 heavy (non-hydrogen) atoms. The second-order valence-corrected chi connectivity index (χ2v) is 7.17. The lowest BCUT2D eigenvalue weighted by molar-refractivity contribution is -0.181. The maximum absolute atomic E-state index is 12.7. The van der Waals surface area contributed by atoms with Crippen molar-refractivity contribution in [3.05, 3.63) is 59.3 Å². The van der Waals surface area contributed by atoms with Gasteiger partial charge in [-0.05, 0) is 24.6 Å². The van der Waals surface area contributed by atoms with E-state index >= 15 is 0 Å². The van der Waals surface area contributed by atoms with Gasteiger partial charge in [-0.15, -0.1) is 0 Å². The number of hydrogen-bond acceptors (Lipinski definition) is 5. The number of nitrogens with zero attached hydrogens (tertiary/aromatic N) is 2. The van der Waals surface area contributed by atoms with Crippen LogP contribution in [0.2, 0.25) is 0 Å². The fraction of sp³-hybridized carbons (Fsp3) is 0.429. The first kappa shape index (κ1) is 17.9. The van der Waals surface area contributed by atoms with Crippen LogP contribution >= 0.6 is 0 Å². The maximum atomic E-state index is 12.7. The topological polar surface area (TPSA) is 63.7 Å². The monoisotopic (exact) mass is 367 g/mol. The number of aryl methyl sites for hydroxylation is 1. The number of rotatable bonds is 4. The Morgan fingerprint density at radius 2 is 1.81 bits per heavy atom. The Bertz CT molecular complexity index is 773. The lowest BCUT2D eigenvalue weighted by Crippen LogP contribution is -2.47. The molecule has 0 unspecified atom stereocenters. The van der Waals surface area contributed by atoms with Gasteiger partial charge in [0.25, 0.3) is 5.91 Å². The second kappa shape index (κ2) is 7.66. The number of carbonyl (C=O) groups excluding carboxylic acids is 1. The van der Waals surface area contributed by atoms with E-state index in [0.717, 1.165) is 18.7 Å². The molecule has 2 aromatic rings. The van der Waals surface area contributed by atoms with E-state index in [9.17, 15) is 4.79 Å². The van der Waals surface area contributed by atoms with Crippen LogP contribution in [0.3, 0.4) is 0 Å². The van der Waals surface area contributed by atoms with Gasteiger partial charge in [-0.3, -0.25) is 4.79 Å². The fourth-order valence-electron chi connectivity index (χ4n) is 3.54. The Kier molecular flexibility index (Phi) is 5.09. The van der Waals surface area contributed by atoms with Crippen molar-refractivity contribution < 1.29 is 14.3 Å². The number of hydrogen-bond donors (Lipinski definition) is 1. The molecule has 142 valence electrons. The van der Waals surface area contributed by atoms with Crippen LogP contribution in [0.25, 0.3) is 0 Å². The van der Waals surface area contributed by atoms with Crippen molar-refractivity contribution in [2.24, 2.45) is 0 Å². The van der Waals surface area contributed by atoms with Gasteiger partial charge in [0, 0.05) is 38.7 Å². The summed E-state index contributed by atoms with van der Waals surface area (Å²) in [6.45, 7) is 5.36. The zero-order valence-electron chi connectivity index (χ0n) is 15.6. The lowest BCUT2D eigenvalue weighted by atomic mass is 10.0. The molecule has 1 aromatic heterocycles. The molecular formula is C21H25N3O3. The van der Waals surface area contributed by atoms with Crippen LogP contribution in [0, 0.1) is 6.92 Å². The van der Waals surface area contributed by atoms with E-state index in [1.54, 1.807) is 6.20 Å². The SMILES string of the molecule is Cc1ccc(CNc2ccc(C(=O)N3CCC4(CC3)OCCO4)cn2)cc1. The van der Waals surface area contributed by atoms with Crippen LogP contribution in [0.15, 0.2) is 42.6 Å². The fourth-order valence-corrected chi connectivity index (χ4v) is 3.54. The van der Waals surface area contributed by atoms with E-state index < -0.39 is 5.79 Å². The number of piperidine rings is 1. The van der Waals surface area contributed by atoms with Crippen LogP contribution < -0.4 is 5.32 Å². The minimum absolute atomic E-state index is 0.0143. The summed E-state index contributed by atoms with van der Waals surface area (Å²) in [5.74, 6) is 0.316. The molecule has 6 nitrogen and oxygen atoms in total. The molecule has 1 aromatic carbocycles. The zero-order valence-corrected chi connectivity index (χ0v) is 15.6. The normalized spacial score (nSPS) is 18.6. The second-order valence-electron chi connectivity index (χ2n) is 7.17. The van der Waals surface area contributed by atoms with Crippen molar-refractivity contribution in [3.63, 3.8) is 0 Å². The molecule has 0 radical (unpaired) electrons. The highest BCUT2D eigenvalue weighted by molar-refractivity contribution is 5.94. The van der Waals surface area contributed by atoms with Crippen LogP contribution in [-0.2, 0) is 16.0 Å². The molecular weight excluding hydrogens is 342 g/mol. The largest absolute Gasteiger partial charge is 0.366 e. The lowest BCUT2D eigenvalue weighted by Gasteiger charge is -2.37. The average Bonchev–Trinajstić information content (AvgIpc) is 3.16. The number of ether oxygens (including phenoxy) is 2. The number of likely N-dealkylation sites (tertiary alicyclic amines) is 1. The number of amides is 1. The molecule has 1 N–H and O–H groups in total. The van der Waals surface area contributed by atoms with Gasteiger partial charge in [0.1, 0.15) is 5.82 Å². The van der Waals surface area contributed by atoms with Gasteiger partial charge in [0.05, 0.1) is 18.8 Å². The summed E-state index contributed by atoms with van der Waals surface area (Å²) >= 11 is 0. The zero-order chi connectivity index (χ0) is 18.7. The third-order valence-corrected chi connectivity index (χ3v) is 5.23. The molecule has 0 bridgehead atoms. The van der Waals surface area contributed by atoms with E-state index in [4.69, 9.17) is 9.47 Å². The highest BCUT2D eigenvalue weighted by Gasteiger charge is 2.40. The van der Waals surface area contributed by atoms with E-state index in [-0.39, 0.29) is 5.91 Å². The molecule has 1 amide bonds. The van der Waals surface area contributed by atoms with E-state index in [0.29, 0.717) is 38.4 Å². The van der Waals surface area contributed by atoms with Gasteiger partial charge < -0.3 is 19.7 Å². The molecule has 2 aliphatic heterocycles. The summed E-state index contributed by atoms with van der Waals surface area (Å²) in [6.07, 6.45) is 3.09. The average molecular weight is 367 g/mol. The first-order valence-electron chi connectivity index (χ1n) is 9.46. The van der Waals surface area contributed by atoms with Gasteiger partial charge in [0.15, 0.2) is 5.79 Å². The smallest absolute Gasteiger partial charge is 0.255 e. The van der Waals surface area contributed by atoms with Crippen LogP contribution in [0.4, 0.5) is 5.82 Å². The Morgan fingerprint density at radius 3 is 2.44 bits per heavy atom. The summed E-state index contributed by atoms with van der Waals surface area (Å²) in [4.78, 5) is 19.0. The summed E-state index contributed by atoms with van der Waals surface area (Å²) < 4.78 is 11.4.